The van der Waals surface area contributed by atoms with E-state index in [-0.39, 0.29) is 12.6 Å². The fourth-order valence-corrected chi connectivity index (χ4v) is 1.58. The first-order valence-corrected chi connectivity index (χ1v) is 4.57. The van der Waals surface area contributed by atoms with Crippen LogP contribution in [0.25, 0.3) is 0 Å². The Kier molecular flexibility index (Phi) is 3.98. The summed E-state index contributed by atoms with van der Waals surface area (Å²) in [4.78, 5) is 12.2. The molecule has 3 N–H and O–H groups in total. The van der Waals surface area contributed by atoms with Crippen LogP contribution in [-0.4, -0.2) is 53.5 Å². The largest absolute Gasteiger partial charge is 0.465 e. The Bertz CT molecular complexity index is 169. The van der Waals surface area contributed by atoms with Crippen LogP contribution >= 0.6 is 0 Å². The van der Waals surface area contributed by atoms with Gasteiger partial charge in [-0.2, -0.15) is 0 Å². The van der Waals surface area contributed by atoms with Crippen LogP contribution in [0.5, 0.6) is 0 Å². The van der Waals surface area contributed by atoms with Gasteiger partial charge in [-0.15, -0.1) is 0 Å². The molecule has 1 rings (SSSR count). The van der Waals surface area contributed by atoms with Crippen LogP contribution in [-0.2, 0) is 0 Å². The van der Waals surface area contributed by atoms with E-state index in [1.165, 1.54) is 4.90 Å². The number of carbonyl (C=O) groups is 1. The highest BCUT2D eigenvalue weighted by molar-refractivity contribution is 5.65. The summed E-state index contributed by atoms with van der Waals surface area (Å²) in [7, 11) is 0. The zero-order chi connectivity index (χ0) is 9.68. The first-order chi connectivity index (χ1) is 6.25. The van der Waals surface area contributed by atoms with E-state index in [4.69, 9.17) is 10.2 Å². The molecule has 0 aromatic heterocycles. The first kappa shape index (κ1) is 10.3. The molecule has 1 heterocycles. The van der Waals surface area contributed by atoms with Crippen LogP contribution in [0, 0.1) is 0 Å². The SMILES string of the molecule is O=C(O)N(CCCO)C1CCNC1. The average Bonchev–Trinajstić information content (AvgIpc) is 2.57. The van der Waals surface area contributed by atoms with Crippen LogP contribution in [0.3, 0.4) is 0 Å². The smallest absolute Gasteiger partial charge is 0.407 e. The van der Waals surface area contributed by atoms with E-state index < -0.39 is 6.09 Å². The molecule has 0 aromatic carbocycles. The monoisotopic (exact) mass is 188 g/mol. The minimum atomic E-state index is -0.887. The van der Waals surface area contributed by atoms with Gasteiger partial charge in [-0.1, -0.05) is 0 Å². The van der Waals surface area contributed by atoms with E-state index in [0.29, 0.717) is 13.0 Å². The maximum absolute atomic E-state index is 10.8. The van der Waals surface area contributed by atoms with Gasteiger partial charge in [0.1, 0.15) is 0 Å². The summed E-state index contributed by atoms with van der Waals surface area (Å²) < 4.78 is 0. The van der Waals surface area contributed by atoms with Crippen molar-refractivity contribution in [1.29, 1.82) is 0 Å². The van der Waals surface area contributed by atoms with Crippen molar-refractivity contribution in [2.24, 2.45) is 0 Å². The molecule has 1 aliphatic rings. The second-order valence-corrected chi connectivity index (χ2v) is 3.20. The summed E-state index contributed by atoms with van der Waals surface area (Å²) in [5.74, 6) is 0. The molecule has 1 aliphatic heterocycles. The molecule has 1 fully saturated rings. The van der Waals surface area contributed by atoms with Gasteiger partial charge >= 0.3 is 6.09 Å². The van der Waals surface area contributed by atoms with Crippen molar-refractivity contribution in [3.05, 3.63) is 0 Å². The Labute approximate surface area is 77.3 Å². The lowest BCUT2D eigenvalue weighted by Gasteiger charge is -2.24. The third kappa shape index (κ3) is 2.86. The molecule has 1 amide bonds. The third-order valence-corrected chi connectivity index (χ3v) is 2.28. The molecule has 13 heavy (non-hydrogen) atoms. The zero-order valence-electron chi connectivity index (χ0n) is 7.57. The lowest BCUT2D eigenvalue weighted by atomic mass is 10.2. The molecule has 0 bridgehead atoms. The van der Waals surface area contributed by atoms with Crippen LogP contribution in [0.4, 0.5) is 4.79 Å². The molecule has 0 radical (unpaired) electrons. The van der Waals surface area contributed by atoms with Gasteiger partial charge in [0.25, 0.3) is 0 Å². The van der Waals surface area contributed by atoms with Crippen molar-refractivity contribution >= 4 is 6.09 Å². The van der Waals surface area contributed by atoms with Crippen molar-refractivity contribution in [2.75, 3.05) is 26.2 Å². The summed E-state index contributed by atoms with van der Waals surface area (Å²) in [6, 6.07) is 0.0871. The molecule has 0 saturated carbocycles. The van der Waals surface area contributed by atoms with E-state index in [1.54, 1.807) is 0 Å². The van der Waals surface area contributed by atoms with Gasteiger partial charge in [-0.25, -0.2) is 4.79 Å². The predicted octanol–water partition coefficient (Wildman–Crippen LogP) is -0.289. The second kappa shape index (κ2) is 5.04. The second-order valence-electron chi connectivity index (χ2n) is 3.20. The molecule has 1 saturated heterocycles. The van der Waals surface area contributed by atoms with Crippen molar-refractivity contribution in [2.45, 2.75) is 18.9 Å². The Morgan fingerprint density at radius 1 is 1.62 bits per heavy atom. The van der Waals surface area contributed by atoms with Crippen LogP contribution < -0.4 is 5.32 Å². The van der Waals surface area contributed by atoms with Gasteiger partial charge in [0.2, 0.25) is 0 Å². The molecule has 0 aromatic rings. The number of carboxylic acid groups (broad SMARTS) is 1. The molecule has 1 unspecified atom stereocenters. The lowest BCUT2D eigenvalue weighted by Crippen LogP contribution is -2.41. The van der Waals surface area contributed by atoms with E-state index >= 15 is 0 Å². The Morgan fingerprint density at radius 2 is 2.38 bits per heavy atom. The number of hydrogen-bond donors (Lipinski definition) is 3. The molecule has 1 atom stereocenters. The number of aliphatic hydroxyl groups is 1. The molecule has 0 spiro atoms. The van der Waals surface area contributed by atoms with Gasteiger partial charge in [0, 0.05) is 25.7 Å². The van der Waals surface area contributed by atoms with Crippen molar-refractivity contribution in [1.82, 2.24) is 10.2 Å². The highest BCUT2D eigenvalue weighted by atomic mass is 16.4. The Balaban J connectivity index is 2.40. The molecular formula is C8H16N2O3. The summed E-state index contributed by atoms with van der Waals surface area (Å²) in [5, 5.41) is 20.6. The summed E-state index contributed by atoms with van der Waals surface area (Å²) in [6.45, 7) is 2.09. The Hall–Kier alpha value is -0.810. The molecule has 0 aliphatic carbocycles. The van der Waals surface area contributed by atoms with Gasteiger partial charge in [0.05, 0.1) is 0 Å². The molecule has 76 valence electrons. The van der Waals surface area contributed by atoms with E-state index in [1.807, 2.05) is 0 Å². The molecular weight excluding hydrogens is 172 g/mol. The fourth-order valence-electron chi connectivity index (χ4n) is 1.58. The highest BCUT2D eigenvalue weighted by Crippen LogP contribution is 2.09. The van der Waals surface area contributed by atoms with E-state index in [0.717, 1.165) is 19.5 Å². The normalized spacial score (nSPS) is 21.8. The van der Waals surface area contributed by atoms with E-state index in [2.05, 4.69) is 5.32 Å². The summed E-state index contributed by atoms with van der Waals surface area (Å²) >= 11 is 0. The maximum atomic E-state index is 10.8. The van der Waals surface area contributed by atoms with E-state index in [9.17, 15) is 4.79 Å². The van der Waals surface area contributed by atoms with Gasteiger partial charge in [0.15, 0.2) is 0 Å². The van der Waals surface area contributed by atoms with Crippen LogP contribution in [0.1, 0.15) is 12.8 Å². The molecule has 5 heteroatoms. The maximum Gasteiger partial charge on any atom is 0.407 e. The quantitative estimate of drug-likeness (QED) is 0.567. The fraction of sp³-hybridized carbons (Fsp3) is 0.875. The number of hydrogen-bond acceptors (Lipinski definition) is 3. The van der Waals surface area contributed by atoms with Gasteiger partial charge in [-0.3, -0.25) is 0 Å². The number of nitrogens with one attached hydrogen (secondary N) is 1. The third-order valence-electron chi connectivity index (χ3n) is 2.28. The van der Waals surface area contributed by atoms with Crippen LogP contribution in [0.15, 0.2) is 0 Å². The van der Waals surface area contributed by atoms with Crippen molar-refractivity contribution in [3.63, 3.8) is 0 Å². The standard InChI is InChI=1S/C8H16N2O3/c11-5-1-4-10(8(12)13)7-2-3-9-6-7/h7,9,11H,1-6H2,(H,12,13). The number of aliphatic hydroxyl groups excluding tert-OH is 1. The number of nitrogens with zero attached hydrogens (tertiary/aromatic N) is 1. The van der Waals surface area contributed by atoms with Crippen LogP contribution in [0.2, 0.25) is 0 Å². The first-order valence-electron chi connectivity index (χ1n) is 4.57. The minimum Gasteiger partial charge on any atom is -0.465 e. The summed E-state index contributed by atoms with van der Waals surface area (Å²) in [6.07, 6.45) is 0.503. The van der Waals surface area contributed by atoms with Gasteiger partial charge < -0.3 is 20.4 Å². The number of amides is 1. The topological polar surface area (TPSA) is 72.8 Å². The van der Waals surface area contributed by atoms with Crippen molar-refractivity contribution < 1.29 is 15.0 Å². The number of rotatable bonds is 4. The van der Waals surface area contributed by atoms with Crippen molar-refractivity contribution in [3.8, 4) is 0 Å². The summed E-state index contributed by atoms with van der Waals surface area (Å²) in [5.41, 5.74) is 0. The zero-order valence-corrected chi connectivity index (χ0v) is 7.57. The van der Waals surface area contributed by atoms with Gasteiger partial charge in [-0.05, 0) is 19.4 Å². The average molecular weight is 188 g/mol. The molecule has 5 nitrogen and oxygen atoms in total. The Morgan fingerprint density at radius 3 is 2.85 bits per heavy atom. The lowest BCUT2D eigenvalue weighted by molar-refractivity contribution is 0.123. The highest BCUT2D eigenvalue weighted by Gasteiger charge is 2.25. The minimum absolute atomic E-state index is 0.0456. The predicted molar refractivity (Wildman–Crippen MR) is 47.7 cm³/mol.